The summed E-state index contributed by atoms with van der Waals surface area (Å²) in [5, 5.41) is 8.63. The van der Waals surface area contributed by atoms with Gasteiger partial charge in [-0.2, -0.15) is 10.2 Å². The Bertz CT molecular complexity index is 1640. The molecule has 6 rings (SSSR count). The largest absolute Gasteiger partial charge is 0.351 e. The van der Waals surface area contributed by atoms with Crippen LogP contribution in [0.4, 0.5) is 16.2 Å². The van der Waals surface area contributed by atoms with E-state index in [9.17, 15) is 4.39 Å². The number of piperazine rings is 1. The third kappa shape index (κ3) is 4.27. The Kier molecular flexibility index (Phi) is 4.77. The van der Waals surface area contributed by atoms with Gasteiger partial charge in [0.15, 0.2) is 5.82 Å². The summed E-state index contributed by atoms with van der Waals surface area (Å²) in [5.41, 5.74) is 7.97. The van der Waals surface area contributed by atoms with Crippen LogP contribution in [0.1, 0.15) is 22.1 Å². The molecule has 0 spiro atoms. The van der Waals surface area contributed by atoms with E-state index in [2.05, 4.69) is 36.1 Å². The summed E-state index contributed by atoms with van der Waals surface area (Å²) in [6, 6.07) is 7.20. The fourth-order valence-electron chi connectivity index (χ4n) is 4.57. The van der Waals surface area contributed by atoms with Crippen LogP contribution in [0.3, 0.4) is 0 Å². The maximum Gasteiger partial charge on any atom is 0.225 e. The molecule has 2 N–H and O–H groups in total. The smallest absolute Gasteiger partial charge is 0.225 e. The summed E-state index contributed by atoms with van der Waals surface area (Å²) >= 11 is 0. The van der Waals surface area contributed by atoms with Crippen molar-refractivity contribution in [1.82, 2.24) is 34.3 Å². The number of benzene rings is 1. The van der Waals surface area contributed by atoms with Gasteiger partial charge in [0.05, 0.1) is 11.7 Å². The van der Waals surface area contributed by atoms with E-state index in [0.717, 1.165) is 22.5 Å². The van der Waals surface area contributed by atoms with Crippen molar-refractivity contribution in [1.29, 1.82) is 0 Å². The number of nitrogens with two attached hydrogens (primary N) is 1. The van der Waals surface area contributed by atoms with E-state index in [-0.39, 0.29) is 11.1 Å². The van der Waals surface area contributed by atoms with Gasteiger partial charge in [-0.1, -0.05) is 12.1 Å². The van der Waals surface area contributed by atoms with E-state index in [4.69, 9.17) is 9.85 Å². The van der Waals surface area contributed by atoms with E-state index in [0.29, 0.717) is 32.1 Å². The number of aromatic nitrogens is 7. The van der Waals surface area contributed by atoms with Gasteiger partial charge >= 0.3 is 0 Å². The van der Waals surface area contributed by atoms with Gasteiger partial charge in [0, 0.05) is 78.8 Å². The number of aryl methyl sites for hydroxylation is 1. The first-order valence-electron chi connectivity index (χ1n) is 13.3. The molecule has 1 aromatic carbocycles. The lowest BCUT2D eigenvalue weighted by molar-refractivity contribution is 0.585. The molecule has 1 aliphatic heterocycles. The Labute approximate surface area is 217 Å². The van der Waals surface area contributed by atoms with Crippen molar-refractivity contribution < 1.29 is 8.50 Å². The van der Waals surface area contributed by atoms with Gasteiger partial charge < -0.3 is 15.5 Å². The summed E-state index contributed by atoms with van der Waals surface area (Å²) in [7, 11) is 1.88. The number of anilines is 2. The zero-order chi connectivity index (χ0) is 28.1. The Morgan fingerprint density at radius 3 is 2.30 bits per heavy atom. The highest BCUT2D eigenvalue weighted by molar-refractivity contribution is 5.77. The van der Waals surface area contributed by atoms with Crippen LogP contribution in [0, 0.1) is 5.82 Å². The van der Waals surface area contributed by atoms with Gasteiger partial charge in [-0.05, 0) is 30.6 Å². The predicted molar refractivity (Wildman–Crippen MR) is 139 cm³/mol. The van der Waals surface area contributed by atoms with Crippen LogP contribution in [0.5, 0.6) is 0 Å². The minimum absolute atomic E-state index is 0.225. The molecule has 5 heterocycles. The molecule has 0 amide bonds. The van der Waals surface area contributed by atoms with Crippen LogP contribution in [0.2, 0.25) is 0 Å². The zero-order valence-electron chi connectivity index (χ0n) is 23.2. The summed E-state index contributed by atoms with van der Waals surface area (Å²) in [5.74, 6) is 0.840. The van der Waals surface area contributed by atoms with Crippen molar-refractivity contribution in [3.05, 3.63) is 84.6 Å². The molecule has 0 radical (unpaired) electrons. The zero-order valence-corrected chi connectivity index (χ0v) is 20.2. The first kappa shape index (κ1) is 19.8. The third-order valence-corrected chi connectivity index (χ3v) is 6.68. The average Bonchev–Trinajstić information content (AvgIpc) is 3.59. The van der Waals surface area contributed by atoms with Gasteiger partial charge in [0.25, 0.3) is 0 Å². The monoisotopic (exact) mass is 501 g/mol. The molecule has 1 fully saturated rings. The van der Waals surface area contributed by atoms with Crippen molar-refractivity contribution in [2.24, 2.45) is 12.8 Å². The number of hydrogen-bond acceptors (Lipinski definition) is 8. The average molecular weight is 502 g/mol. The standard InChI is InChI=1S/C26H27FN10/c1-26(28,20-3-5-22(27)6-4-20)21-13-29-25(30-14-21)36-9-7-35(8-10-36)24-23-11-18(16-37(23)33-17-31-24)19-12-32-34(2)15-19/h3-6,11-17H,7-10,28H2,1-2H3/i1D3. The molecule has 1 saturated heterocycles. The first-order valence-corrected chi connectivity index (χ1v) is 11.8. The van der Waals surface area contributed by atoms with Crippen LogP contribution < -0.4 is 15.5 Å². The highest BCUT2D eigenvalue weighted by Gasteiger charge is 2.26. The number of hydrogen-bond donors (Lipinski definition) is 1. The molecular weight excluding hydrogens is 471 g/mol. The molecule has 37 heavy (non-hydrogen) atoms. The lowest BCUT2D eigenvalue weighted by Crippen LogP contribution is -2.47. The Morgan fingerprint density at radius 1 is 0.892 bits per heavy atom. The summed E-state index contributed by atoms with van der Waals surface area (Å²) in [6.07, 6.45) is 10.2. The Balaban J connectivity index is 1.20. The SMILES string of the molecule is [2H]C([2H])([2H])C(N)(c1ccc(F)cc1)c1cnc(N2CCN(c3ncnn4cc(-c5cnn(C)c5)cc34)CC2)nc1. The van der Waals surface area contributed by atoms with Crippen LogP contribution in [-0.2, 0) is 12.6 Å². The van der Waals surface area contributed by atoms with Gasteiger partial charge in [-0.25, -0.2) is 23.9 Å². The van der Waals surface area contributed by atoms with Crippen molar-refractivity contribution in [2.45, 2.75) is 12.4 Å². The molecule has 5 aromatic rings. The number of fused-ring (bicyclic) bond motifs is 1. The maximum absolute atomic E-state index is 13.5. The third-order valence-electron chi connectivity index (χ3n) is 6.68. The number of rotatable bonds is 5. The number of halogens is 1. The van der Waals surface area contributed by atoms with Gasteiger partial charge in [0.2, 0.25) is 5.95 Å². The number of nitrogens with zero attached hydrogens (tertiary/aromatic N) is 9. The molecule has 1 aliphatic rings. The Morgan fingerprint density at radius 2 is 1.62 bits per heavy atom. The fraction of sp³-hybridized carbons (Fsp3) is 0.269. The van der Waals surface area contributed by atoms with Crippen molar-refractivity contribution in [3.8, 4) is 11.1 Å². The molecule has 0 bridgehead atoms. The van der Waals surface area contributed by atoms with Crippen molar-refractivity contribution in [2.75, 3.05) is 36.0 Å². The molecule has 1 atom stereocenters. The van der Waals surface area contributed by atoms with Crippen LogP contribution in [0.25, 0.3) is 16.6 Å². The lowest BCUT2D eigenvalue weighted by Gasteiger charge is -2.35. The highest BCUT2D eigenvalue weighted by Crippen LogP contribution is 2.29. The summed E-state index contributed by atoms with van der Waals surface area (Å²) in [6.45, 7) is 0.0149. The molecule has 0 saturated carbocycles. The molecule has 4 aromatic heterocycles. The van der Waals surface area contributed by atoms with Crippen molar-refractivity contribution in [3.63, 3.8) is 0 Å². The maximum atomic E-state index is 13.5. The second-order valence-corrected chi connectivity index (χ2v) is 9.11. The van der Waals surface area contributed by atoms with Gasteiger partial charge in [-0.15, -0.1) is 0 Å². The lowest BCUT2D eigenvalue weighted by atomic mass is 9.87. The first-order chi connectivity index (χ1) is 19.1. The fourth-order valence-corrected chi connectivity index (χ4v) is 4.57. The second-order valence-electron chi connectivity index (χ2n) is 9.11. The topological polar surface area (TPSA) is 106 Å². The van der Waals surface area contributed by atoms with Crippen molar-refractivity contribution >= 4 is 17.3 Å². The molecular formula is C26H27FN10. The molecule has 10 nitrogen and oxygen atoms in total. The van der Waals surface area contributed by atoms with E-state index in [1.165, 1.54) is 36.7 Å². The quantitative estimate of drug-likeness (QED) is 0.392. The van der Waals surface area contributed by atoms with E-state index in [1.807, 2.05) is 35.1 Å². The van der Waals surface area contributed by atoms with E-state index >= 15 is 0 Å². The van der Waals surface area contributed by atoms with Gasteiger partial charge in [0.1, 0.15) is 17.7 Å². The molecule has 188 valence electrons. The van der Waals surface area contributed by atoms with E-state index in [1.54, 1.807) is 11.0 Å². The second kappa shape index (κ2) is 8.93. The summed E-state index contributed by atoms with van der Waals surface area (Å²) in [4.78, 5) is 17.7. The minimum atomic E-state index is -2.61. The molecule has 11 heteroatoms. The normalized spacial score (nSPS) is 17.3. The van der Waals surface area contributed by atoms with Crippen LogP contribution in [-0.4, -0.2) is 60.5 Å². The Hall–Kier alpha value is -4.38. The van der Waals surface area contributed by atoms with Gasteiger partial charge in [-0.3, -0.25) is 4.68 Å². The van der Waals surface area contributed by atoms with Crippen LogP contribution >= 0.6 is 0 Å². The highest BCUT2D eigenvalue weighted by atomic mass is 19.1. The van der Waals surface area contributed by atoms with Crippen LogP contribution in [0.15, 0.2) is 67.6 Å². The molecule has 1 unspecified atom stereocenters. The molecule has 0 aliphatic carbocycles. The summed E-state index contributed by atoms with van der Waals surface area (Å²) < 4.78 is 41.4. The minimum Gasteiger partial charge on any atom is -0.351 e. The van der Waals surface area contributed by atoms with E-state index < -0.39 is 18.2 Å². The predicted octanol–water partition coefficient (Wildman–Crippen LogP) is 2.61.